The lowest BCUT2D eigenvalue weighted by Gasteiger charge is -2.00. The lowest BCUT2D eigenvalue weighted by molar-refractivity contribution is 0.948. The van der Waals surface area contributed by atoms with E-state index in [0.717, 1.165) is 18.4 Å². The Kier molecular flexibility index (Phi) is 3.89. The van der Waals surface area contributed by atoms with Crippen molar-refractivity contribution in [3.8, 4) is 0 Å². The van der Waals surface area contributed by atoms with Crippen LogP contribution in [0.25, 0.3) is 0 Å². The number of aryl methyl sites for hydroxylation is 1. The van der Waals surface area contributed by atoms with E-state index < -0.39 is 0 Å². The topological polar surface area (TPSA) is 0 Å². The van der Waals surface area contributed by atoms with Crippen molar-refractivity contribution in [3.63, 3.8) is 0 Å². The second-order valence-electron chi connectivity index (χ2n) is 2.87. The Morgan fingerprint density at radius 2 is 1.92 bits per heavy atom. The van der Waals surface area contributed by atoms with Crippen molar-refractivity contribution in [2.24, 2.45) is 0 Å². The van der Waals surface area contributed by atoms with Crippen LogP contribution in [0.4, 0.5) is 0 Å². The maximum atomic E-state index is 5.62. The predicted molar refractivity (Wildman–Crippen MR) is 54.6 cm³/mol. The van der Waals surface area contributed by atoms with Gasteiger partial charge in [-0.25, -0.2) is 0 Å². The summed E-state index contributed by atoms with van der Waals surface area (Å²) in [4.78, 5) is 0. The van der Waals surface area contributed by atoms with Gasteiger partial charge in [-0.2, -0.15) is 0 Å². The van der Waals surface area contributed by atoms with Crippen molar-refractivity contribution in [2.45, 2.75) is 12.8 Å². The molecule has 1 aromatic rings. The van der Waals surface area contributed by atoms with E-state index in [-0.39, 0.29) is 0 Å². The highest BCUT2D eigenvalue weighted by Gasteiger charge is 1.93. The molecule has 0 atom stereocenters. The zero-order valence-electron chi connectivity index (χ0n) is 7.09. The van der Waals surface area contributed by atoms with Crippen molar-refractivity contribution >= 4 is 11.6 Å². The molecule has 12 heavy (non-hydrogen) atoms. The van der Waals surface area contributed by atoms with Gasteiger partial charge in [0.1, 0.15) is 0 Å². The Hall–Kier alpha value is -0.750. The molecule has 0 aliphatic heterocycles. The Morgan fingerprint density at radius 3 is 2.50 bits per heavy atom. The molecule has 0 bridgehead atoms. The van der Waals surface area contributed by atoms with E-state index in [9.17, 15) is 0 Å². The number of rotatable bonds is 4. The molecule has 0 spiro atoms. The first kappa shape index (κ1) is 9.34. The summed E-state index contributed by atoms with van der Waals surface area (Å²) in [5.41, 5.74) is 2.46. The summed E-state index contributed by atoms with van der Waals surface area (Å²) in [7, 11) is 0. The van der Waals surface area contributed by atoms with Gasteiger partial charge in [0.25, 0.3) is 0 Å². The van der Waals surface area contributed by atoms with Crippen LogP contribution >= 0.6 is 11.6 Å². The number of hydrogen-bond donors (Lipinski definition) is 0. The van der Waals surface area contributed by atoms with Gasteiger partial charge in [-0.15, -0.1) is 11.6 Å². The normalized spacial score (nSPS) is 9.75. The van der Waals surface area contributed by atoms with Gasteiger partial charge in [0.2, 0.25) is 0 Å². The van der Waals surface area contributed by atoms with Crippen LogP contribution < -0.4 is 0 Å². The molecule has 0 fully saturated rings. The summed E-state index contributed by atoms with van der Waals surface area (Å²) in [6, 6.07) is 10.4. The minimum atomic E-state index is 0.576. The Balaban J connectivity index is 2.38. The molecule has 0 saturated carbocycles. The van der Waals surface area contributed by atoms with Gasteiger partial charge in [-0.3, -0.25) is 0 Å². The standard InChI is InChI=1S/C11H13Cl/c1-10(9-12)7-8-11-5-3-2-4-6-11/h2-6H,1,7-9H2. The van der Waals surface area contributed by atoms with Gasteiger partial charge in [0, 0.05) is 5.88 Å². The third-order valence-electron chi connectivity index (χ3n) is 1.80. The fourth-order valence-electron chi connectivity index (χ4n) is 1.03. The molecule has 0 N–H and O–H groups in total. The minimum Gasteiger partial charge on any atom is -0.122 e. The summed E-state index contributed by atoms with van der Waals surface area (Å²) < 4.78 is 0. The maximum Gasteiger partial charge on any atom is 0.0431 e. The molecule has 1 heteroatoms. The summed E-state index contributed by atoms with van der Waals surface area (Å²) in [5, 5.41) is 0. The highest BCUT2D eigenvalue weighted by molar-refractivity contribution is 6.19. The van der Waals surface area contributed by atoms with Crippen LogP contribution in [0, 0.1) is 0 Å². The summed E-state index contributed by atoms with van der Waals surface area (Å²) in [6.45, 7) is 3.86. The molecule has 0 radical (unpaired) electrons. The van der Waals surface area contributed by atoms with Crippen molar-refractivity contribution in [3.05, 3.63) is 48.0 Å². The summed E-state index contributed by atoms with van der Waals surface area (Å²) >= 11 is 5.62. The molecule has 64 valence electrons. The fourth-order valence-corrected chi connectivity index (χ4v) is 1.17. The van der Waals surface area contributed by atoms with E-state index in [0.29, 0.717) is 5.88 Å². The molecule has 1 rings (SSSR count). The van der Waals surface area contributed by atoms with Crippen molar-refractivity contribution in [2.75, 3.05) is 5.88 Å². The number of benzene rings is 1. The molecular formula is C11H13Cl. The van der Waals surface area contributed by atoms with E-state index in [1.165, 1.54) is 5.56 Å². The van der Waals surface area contributed by atoms with Crippen LogP contribution in [-0.2, 0) is 6.42 Å². The molecule has 1 aromatic carbocycles. The third-order valence-corrected chi connectivity index (χ3v) is 2.18. The number of halogens is 1. The lowest BCUT2D eigenvalue weighted by atomic mass is 10.1. The van der Waals surface area contributed by atoms with E-state index >= 15 is 0 Å². The lowest BCUT2D eigenvalue weighted by Crippen LogP contribution is -1.88. The maximum absolute atomic E-state index is 5.62. The predicted octanol–water partition coefficient (Wildman–Crippen LogP) is 3.41. The van der Waals surface area contributed by atoms with Crippen LogP contribution in [0.15, 0.2) is 42.5 Å². The smallest absolute Gasteiger partial charge is 0.0431 e. The van der Waals surface area contributed by atoms with Crippen molar-refractivity contribution < 1.29 is 0 Å². The SMILES string of the molecule is C=C(CCl)CCc1ccccc1. The van der Waals surface area contributed by atoms with E-state index in [1.807, 2.05) is 6.07 Å². The largest absolute Gasteiger partial charge is 0.122 e. The molecule has 0 aliphatic carbocycles. The third kappa shape index (κ3) is 3.10. The van der Waals surface area contributed by atoms with Crippen LogP contribution in [0.3, 0.4) is 0 Å². The Morgan fingerprint density at radius 1 is 1.25 bits per heavy atom. The van der Waals surface area contributed by atoms with Gasteiger partial charge >= 0.3 is 0 Å². The fraction of sp³-hybridized carbons (Fsp3) is 0.273. The van der Waals surface area contributed by atoms with Crippen LogP contribution in [0.2, 0.25) is 0 Å². The van der Waals surface area contributed by atoms with Crippen LogP contribution in [0.5, 0.6) is 0 Å². The quantitative estimate of drug-likeness (QED) is 0.492. The zero-order valence-corrected chi connectivity index (χ0v) is 7.85. The molecule has 0 nitrogen and oxygen atoms in total. The van der Waals surface area contributed by atoms with Gasteiger partial charge in [0.05, 0.1) is 0 Å². The van der Waals surface area contributed by atoms with Crippen LogP contribution in [-0.4, -0.2) is 5.88 Å². The molecular weight excluding hydrogens is 168 g/mol. The zero-order chi connectivity index (χ0) is 8.81. The first-order valence-corrected chi connectivity index (χ1v) is 4.63. The summed E-state index contributed by atoms with van der Waals surface area (Å²) in [5.74, 6) is 0.576. The molecule has 0 heterocycles. The van der Waals surface area contributed by atoms with Gasteiger partial charge < -0.3 is 0 Å². The van der Waals surface area contributed by atoms with Gasteiger partial charge in [-0.05, 0) is 18.4 Å². The molecule has 0 aliphatic rings. The van der Waals surface area contributed by atoms with Crippen molar-refractivity contribution in [1.82, 2.24) is 0 Å². The van der Waals surface area contributed by atoms with E-state index in [1.54, 1.807) is 0 Å². The minimum absolute atomic E-state index is 0.576. The Labute approximate surface area is 78.9 Å². The first-order valence-electron chi connectivity index (χ1n) is 4.09. The highest BCUT2D eigenvalue weighted by Crippen LogP contribution is 2.08. The molecule has 0 aromatic heterocycles. The number of alkyl halides is 1. The first-order chi connectivity index (χ1) is 5.83. The van der Waals surface area contributed by atoms with Gasteiger partial charge in [0.15, 0.2) is 0 Å². The second-order valence-corrected chi connectivity index (χ2v) is 3.14. The average Bonchev–Trinajstić information content (AvgIpc) is 2.16. The van der Waals surface area contributed by atoms with Gasteiger partial charge in [-0.1, -0.05) is 42.5 Å². The van der Waals surface area contributed by atoms with E-state index in [2.05, 4.69) is 30.8 Å². The van der Waals surface area contributed by atoms with Crippen LogP contribution in [0.1, 0.15) is 12.0 Å². The Bertz CT molecular complexity index is 238. The van der Waals surface area contributed by atoms with Crippen molar-refractivity contribution in [1.29, 1.82) is 0 Å². The summed E-state index contributed by atoms with van der Waals surface area (Å²) in [6.07, 6.45) is 2.04. The number of allylic oxidation sites excluding steroid dienone is 1. The highest BCUT2D eigenvalue weighted by atomic mass is 35.5. The second kappa shape index (κ2) is 5.00. The molecule has 0 saturated heterocycles. The monoisotopic (exact) mass is 180 g/mol. The average molecular weight is 181 g/mol. The van der Waals surface area contributed by atoms with E-state index in [4.69, 9.17) is 11.6 Å². The molecule has 0 amide bonds. The number of hydrogen-bond acceptors (Lipinski definition) is 0. The molecule has 0 unspecified atom stereocenters.